The molecule has 1 saturated heterocycles. The normalized spacial score (nSPS) is 26.3. The average Bonchev–Trinajstić information content (AvgIpc) is 2.68. The van der Waals surface area contributed by atoms with Gasteiger partial charge in [0.15, 0.2) is 6.10 Å². The van der Waals surface area contributed by atoms with Gasteiger partial charge in [-0.15, -0.1) is 0 Å². The number of hydrogen-bond donors (Lipinski definition) is 3. The lowest BCUT2D eigenvalue weighted by molar-refractivity contribution is -0.154. The highest BCUT2D eigenvalue weighted by atomic mass is 16.6. The summed E-state index contributed by atoms with van der Waals surface area (Å²) in [5.41, 5.74) is 0. The SMILES string of the molecule is CCCCC(O)COC1C(=O)O[C@H]([C@@H](O)CO)C1=O. The summed E-state index contributed by atoms with van der Waals surface area (Å²) in [5.74, 6) is -1.63. The number of carbonyl (C=O) groups excluding carboxylic acids is 2. The summed E-state index contributed by atoms with van der Waals surface area (Å²) in [6.45, 7) is 1.15. The van der Waals surface area contributed by atoms with E-state index in [1.165, 1.54) is 0 Å². The monoisotopic (exact) mass is 276 g/mol. The maximum absolute atomic E-state index is 11.7. The molecule has 19 heavy (non-hydrogen) atoms. The van der Waals surface area contributed by atoms with Crippen LogP contribution >= 0.6 is 0 Å². The Kier molecular flexibility index (Phi) is 6.36. The van der Waals surface area contributed by atoms with Gasteiger partial charge in [-0.05, 0) is 6.42 Å². The molecule has 0 aliphatic carbocycles. The lowest BCUT2D eigenvalue weighted by Gasteiger charge is -2.13. The molecule has 0 aromatic carbocycles. The zero-order valence-corrected chi connectivity index (χ0v) is 10.8. The Morgan fingerprint density at radius 2 is 2.05 bits per heavy atom. The second-order valence-corrected chi connectivity index (χ2v) is 4.52. The van der Waals surface area contributed by atoms with Crippen LogP contribution in [0.3, 0.4) is 0 Å². The van der Waals surface area contributed by atoms with E-state index in [1.54, 1.807) is 0 Å². The van der Waals surface area contributed by atoms with Crippen molar-refractivity contribution in [3.63, 3.8) is 0 Å². The molecule has 4 atom stereocenters. The molecular formula is C12H20O7. The molecule has 1 heterocycles. The summed E-state index contributed by atoms with van der Waals surface area (Å²) in [4.78, 5) is 23.1. The highest BCUT2D eigenvalue weighted by molar-refractivity contribution is 6.09. The Hall–Kier alpha value is -1.02. The predicted octanol–water partition coefficient (Wildman–Crippen LogP) is -1.23. The first-order valence-electron chi connectivity index (χ1n) is 6.34. The Bertz CT molecular complexity index is 317. The van der Waals surface area contributed by atoms with Crippen molar-refractivity contribution in [1.82, 2.24) is 0 Å². The topological polar surface area (TPSA) is 113 Å². The largest absolute Gasteiger partial charge is 0.449 e. The number of aliphatic hydroxyl groups excluding tert-OH is 3. The van der Waals surface area contributed by atoms with Crippen molar-refractivity contribution < 1.29 is 34.4 Å². The van der Waals surface area contributed by atoms with E-state index in [0.29, 0.717) is 6.42 Å². The van der Waals surface area contributed by atoms with E-state index in [4.69, 9.17) is 9.84 Å². The first kappa shape index (κ1) is 16.0. The minimum atomic E-state index is -1.45. The molecule has 1 rings (SSSR count). The average molecular weight is 276 g/mol. The van der Waals surface area contributed by atoms with Crippen LogP contribution in [0.1, 0.15) is 26.2 Å². The van der Waals surface area contributed by atoms with Gasteiger partial charge in [0, 0.05) is 0 Å². The molecule has 0 aromatic rings. The molecule has 2 unspecified atom stereocenters. The molecule has 1 aliphatic heterocycles. The van der Waals surface area contributed by atoms with Gasteiger partial charge in [-0.25, -0.2) is 4.79 Å². The third-order valence-corrected chi connectivity index (χ3v) is 2.88. The predicted molar refractivity (Wildman–Crippen MR) is 63.3 cm³/mol. The van der Waals surface area contributed by atoms with Crippen molar-refractivity contribution in [2.24, 2.45) is 0 Å². The van der Waals surface area contributed by atoms with Crippen molar-refractivity contribution in [1.29, 1.82) is 0 Å². The molecule has 0 saturated carbocycles. The molecule has 110 valence electrons. The van der Waals surface area contributed by atoms with Crippen LogP contribution in [0.25, 0.3) is 0 Å². The van der Waals surface area contributed by atoms with Gasteiger partial charge < -0.3 is 24.8 Å². The summed E-state index contributed by atoms with van der Waals surface area (Å²) in [6.07, 6.45) is -2.75. The fourth-order valence-electron chi connectivity index (χ4n) is 1.75. The highest BCUT2D eigenvalue weighted by Crippen LogP contribution is 2.18. The molecule has 1 aliphatic rings. The van der Waals surface area contributed by atoms with E-state index in [-0.39, 0.29) is 6.61 Å². The second-order valence-electron chi connectivity index (χ2n) is 4.52. The van der Waals surface area contributed by atoms with Crippen molar-refractivity contribution in [2.75, 3.05) is 13.2 Å². The third-order valence-electron chi connectivity index (χ3n) is 2.88. The quantitative estimate of drug-likeness (QED) is 0.376. The number of ether oxygens (including phenoxy) is 2. The summed E-state index contributed by atoms with van der Waals surface area (Å²) in [7, 11) is 0. The molecule has 7 heteroatoms. The molecule has 0 aromatic heterocycles. The van der Waals surface area contributed by atoms with E-state index in [9.17, 15) is 19.8 Å². The summed E-state index contributed by atoms with van der Waals surface area (Å²) < 4.78 is 9.69. The van der Waals surface area contributed by atoms with Crippen molar-refractivity contribution in [3.05, 3.63) is 0 Å². The van der Waals surface area contributed by atoms with Gasteiger partial charge in [-0.1, -0.05) is 19.8 Å². The van der Waals surface area contributed by atoms with Crippen LogP contribution in [0.4, 0.5) is 0 Å². The zero-order chi connectivity index (χ0) is 14.4. The number of Topliss-reactive ketones (excluding diaryl/α,β-unsaturated/α-hetero) is 1. The summed E-state index contributed by atoms with van der Waals surface area (Å²) >= 11 is 0. The molecule has 7 nitrogen and oxygen atoms in total. The van der Waals surface area contributed by atoms with Crippen molar-refractivity contribution >= 4 is 11.8 Å². The van der Waals surface area contributed by atoms with Crippen LogP contribution in [-0.2, 0) is 19.1 Å². The van der Waals surface area contributed by atoms with Gasteiger partial charge in [0.05, 0.1) is 19.3 Å². The fraction of sp³-hybridized carbons (Fsp3) is 0.833. The number of unbranched alkanes of at least 4 members (excludes halogenated alkanes) is 1. The van der Waals surface area contributed by atoms with Crippen LogP contribution in [0.5, 0.6) is 0 Å². The molecule has 0 spiro atoms. The van der Waals surface area contributed by atoms with Crippen LogP contribution < -0.4 is 0 Å². The van der Waals surface area contributed by atoms with Crippen LogP contribution in [-0.4, -0.2) is 64.7 Å². The molecular weight excluding hydrogens is 256 g/mol. The van der Waals surface area contributed by atoms with E-state index in [1.807, 2.05) is 6.92 Å². The van der Waals surface area contributed by atoms with Gasteiger partial charge in [-0.2, -0.15) is 0 Å². The fourth-order valence-corrected chi connectivity index (χ4v) is 1.75. The van der Waals surface area contributed by atoms with Crippen LogP contribution in [0.2, 0.25) is 0 Å². The van der Waals surface area contributed by atoms with Gasteiger partial charge >= 0.3 is 5.97 Å². The van der Waals surface area contributed by atoms with E-state index in [0.717, 1.165) is 12.8 Å². The Morgan fingerprint density at radius 3 is 2.63 bits per heavy atom. The van der Waals surface area contributed by atoms with Crippen molar-refractivity contribution in [3.8, 4) is 0 Å². The molecule has 0 radical (unpaired) electrons. The van der Waals surface area contributed by atoms with E-state index < -0.39 is 42.8 Å². The molecule has 3 N–H and O–H groups in total. The van der Waals surface area contributed by atoms with Gasteiger partial charge in [-0.3, -0.25) is 4.79 Å². The van der Waals surface area contributed by atoms with Gasteiger partial charge in [0.25, 0.3) is 0 Å². The number of carbonyl (C=O) groups is 2. The van der Waals surface area contributed by atoms with Gasteiger partial charge in [0.2, 0.25) is 11.9 Å². The number of aliphatic hydroxyl groups is 3. The number of ketones is 1. The Balaban J connectivity index is 2.46. The second kappa shape index (κ2) is 7.54. The maximum atomic E-state index is 11.7. The van der Waals surface area contributed by atoms with E-state index >= 15 is 0 Å². The third kappa shape index (κ3) is 4.24. The Morgan fingerprint density at radius 1 is 1.37 bits per heavy atom. The first-order chi connectivity index (χ1) is 9.01. The highest BCUT2D eigenvalue weighted by Gasteiger charge is 2.47. The van der Waals surface area contributed by atoms with E-state index in [2.05, 4.69) is 4.74 Å². The first-order valence-corrected chi connectivity index (χ1v) is 6.34. The maximum Gasteiger partial charge on any atom is 0.344 e. The number of rotatable bonds is 8. The van der Waals surface area contributed by atoms with Gasteiger partial charge in [0.1, 0.15) is 6.10 Å². The van der Waals surface area contributed by atoms with Crippen LogP contribution in [0.15, 0.2) is 0 Å². The smallest absolute Gasteiger partial charge is 0.344 e. The molecule has 0 bridgehead atoms. The Labute approximate surface area is 111 Å². The number of hydrogen-bond acceptors (Lipinski definition) is 7. The summed E-state index contributed by atoms with van der Waals surface area (Å²) in [6, 6.07) is 0. The molecule has 1 fully saturated rings. The number of esters is 1. The summed E-state index contributed by atoms with van der Waals surface area (Å²) in [5, 5.41) is 27.6. The lowest BCUT2D eigenvalue weighted by atomic mass is 10.1. The lowest BCUT2D eigenvalue weighted by Crippen LogP contribution is -2.38. The number of cyclic esters (lactones) is 1. The minimum Gasteiger partial charge on any atom is -0.449 e. The standard InChI is InChI=1S/C12H20O7/c1-2-3-4-7(14)6-18-11-9(16)10(8(15)5-13)19-12(11)17/h7-8,10-11,13-15H,2-6H2,1H3/t7?,8-,10+,11?/m0/s1. The van der Waals surface area contributed by atoms with Crippen LogP contribution in [0, 0.1) is 0 Å². The van der Waals surface area contributed by atoms with Crippen molar-refractivity contribution in [2.45, 2.75) is 50.6 Å². The zero-order valence-electron chi connectivity index (χ0n) is 10.8. The minimum absolute atomic E-state index is 0.145. The molecule has 0 amide bonds.